The average Bonchev–Trinajstić information content (AvgIpc) is 3.61. The highest BCUT2D eigenvalue weighted by molar-refractivity contribution is 7.15. The minimum absolute atomic E-state index is 0.0813. The number of carbonyl (C=O) groups is 2. The first-order valence-electron chi connectivity index (χ1n) is 11.9. The Morgan fingerprint density at radius 3 is 2.65 bits per heavy atom. The Labute approximate surface area is 203 Å². The summed E-state index contributed by atoms with van der Waals surface area (Å²) in [5.74, 6) is -0.101. The van der Waals surface area contributed by atoms with E-state index in [0.29, 0.717) is 30.3 Å². The molecule has 0 unspecified atom stereocenters. The molecule has 2 amide bonds. The Morgan fingerprint density at radius 1 is 1.12 bits per heavy atom. The van der Waals surface area contributed by atoms with Crippen molar-refractivity contribution in [3.63, 3.8) is 0 Å². The largest absolute Gasteiger partial charge is 0.350 e. The van der Waals surface area contributed by atoms with Gasteiger partial charge < -0.3 is 10.2 Å². The van der Waals surface area contributed by atoms with E-state index in [1.165, 1.54) is 12.1 Å². The van der Waals surface area contributed by atoms with E-state index < -0.39 is 0 Å². The third kappa shape index (κ3) is 4.89. The van der Waals surface area contributed by atoms with Gasteiger partial charge in [-0.25, -0.2) is 9.37 Å². The maximum atomic E-state index is 13.8. The van der Waals surface area contributed by atoms with Crippen molar-refractivity contribution in [1.29, 1.82) is 0 Å². The molecule has 0 bridgehead atoms. The summed E-state index contributed by atoms with van der Waals surface area (Å²) in [6.07, 6.45) is 4.98. The molecule has 5 nitrogen and oxygen atoms in total. The Bertz CT molecular complexity index is 1200. The topological polar surface area (TPSA) is 62.3 Å². The lowest BCUT2D eigenvalue weighted by Gasteiger charge is -2.35. The van der Waals surface area contributed by atoms with Crippen LogP contribution in [0.5, 0.6) is 0 Å². The number of aryl methyl sites for hydroxylation is 1. The van der Waals surface area contributed by atoms with E-state index in [-0.39, 0.29) is 23.7 Å². The van der Waals surface area contributed by atoms with Gasteiger partial charge in [-0.05, 0) is 68.9 Å². The molecule has 0 spiro atoms. The van der Waals surface area contributed by atoms with Crippen molar-refractivity contribution in [3.8, 4) is 10.4 Å². The third-order valence-electron chi connectivity index (χ3n) is 6.55. The number of amides is 2. The molecule has 1 saturated heterocycles. The molecule has 34 heavy (non-hydrogen) atoms. The number of likely N-dealkylation sites (tertiary alicyclic amines) is 1. The summed E-state index contributed by atoms with van der Waals surface area (Å²) < 4.78 is 13.5. The number of aromatic nitrogens is 1. The van der Waals surface area contributed by atoms with Gasteiger partial charge in [-0.3, -0.25) is 9.59 Å². The van der Waals surface area contributed by atoms with Crippen LogP contribution in [0.25, 0.3) is 10.4 Å². The fourth-order valence-corrected chi connectivity index (χ4v) is 5.73. The van der Waals surface area contributed by atoms with Crippen molar-refractivity contribution in [2.24, 2.45) is 0 Å². The minimum atomic E-state index is -0.302. The Kier molecular flexibility index (Phi) is 6.46. The number of rotatable bonds is 6. The fraction of sp³-hybridized carbons (Fsp3) is 0.370. The number of thiazole rings is 1. The van der Waals surface area contributed by atoms with Gasteiger partial charge in [0.05, 0.1) is 9.88 Å². The first-order chi connectivity index (χ1) is 16.5. The molecule has 3 aromatic rings. The second kappa shape index (κ2) is 9.66. The van der Waals surface area contributed by atoms with Crippen LogP contribution in [0.2, 0.25) is 0 Å². The highest BCUT2D eigenvalue weighted by Crippen LogP contribution is 2.45. The van der Waals surface area contributed by atoms with Gasteiger partial charge in [0, 0.05) is 30.6 Å². The molecule has 1 saturated carbocycles. The number of piperidine rings is 1. The maximum Gasteiger partial charge on any atom is 0.274 e. The number of nitrogens with one attached hydrogen (secondary N) is 1. The summed E-state index contributed by atoms with van der Waals surface area (Å²) in [6, 6.07) is 13.7. The van der Waals surface area contributed by atoms with Crippen LogP contribution in [0.4, 0.5) is 4.39 Å². The molecule has 5 rings (SSSR count). The van der Waals surface area contributed by atoms with Crippen LogP contribution in [0.1, 0.15) is 69.4 Å². The molecule has 2 aliphatic rings. The third-order valence-corrected chi connectivity index (χ3v) is 7.81. The molecule has 1 aliphatic heterocycles. The summed E-state index contributed by atoms with van der Waals surface area (Å²) in [7, 11) is 0. The fourth-order valence-electron chi connectivity index (χ4n) is 4.50. The van der Waals surface area contributed by atoms with Gasteiger partial charge in [0.25, 0.3) is 11.8 Å². The second-order valence-corrected chi connectivity index (χ2v) is 10.3. The van der Waals surface area contributed by atoms with E-state index in [4.69, 9.17) is 4.98 Å². The van der Waals surface area contributed by atoms with Gasteiger partial charge in [0.15, 0.2) is 0 Å². The van der Waals surface area contributed by atoms with Crippen LogP contribution < -0.4 is 5.32 Å². The van der Waals surface area contributed by atoms with Crippen LogP contribution in [-0.2, 0) is 0 Å². The average molecular weight is 478 g/mol. The second-order valence-electron chi connectivity index (χ2n) is 9.24. The molecule has 7 heteroatoms. The molecule has 1 atom stereocenters. The van der Waals surface area contributed by atoms with Crippen molar-refractivity contribution < 1.29 is 14.0 Å². The number of nitrogens with zero attached hydrogens (tertiary/aromatic N) is 2. The maximum absolute atomic E-state index is 13.8. The lowest BCUT2D eigenvalue weighted by molar-refractivity contribution is 0.0598. The van der Waals surface area contributed by atoms with Gasteiger partial charge >= 0.3 is 0 Å². The molecular formula is C27H28FN3O2S. The first kappa shape index (κ1) is 22.7. The van der Waals surface area contributed by atoms with E-state index in [9.17, 15) is 14.0 Å². The summed E-state index contributed by atoms with van der Waals surface area (Å²) in [5, 5.41) is 4.02. The predicted octanol–water partition coefficient (Wildman–Crippen LogP) is 5.56. The van der Waals surface area contributed by atoms with Crippen LogP contribution in [0.3, 0.4) is 0 Å². The predicted molar refractivity (Wildman–Crippen MR) is 132 cm³/mol. The molecular weight excluding hydrogens is 449 g/mol. The quantitative estimate of drug-likeness (QED) is 0.506. The van der Waals surface area contributed by atoms with Crippen molar-refractivity contribution in [2.75, 3.05) is 13.1 Å². The number of halogens is 1. The molecule has 2 fully saturated rings. The zero-order valence-electron chi connectivity index (χ0n) is 19.2. The van der Waals surface area contributed by atoms with Crippen molar-refractivity contribution in [2.45, 2.75) is 51.0 Å². The molecule has 1 aliphatic carbocycles. The lowest BCUT2D eigenvalue weighted by Crippen LogP contribution is -2.49. The van der Waals surface area contributed by atoms with E-state index in [2.05, 4.69) is 5.32 Å². The number of benzene rings is 2. The van der Waals surface area contributed by atoms with Gasteiger partial charge in [-0.1, -0.05) is 29.8 Å². The zero-order valence-corrected chi connectivity index (χ0v) is 20.0. The normalized spacial score (nSPS) is 18.1. The molecule has 1 aromatic heterocycles. The van der Waals surface area contributed by atoms with E-state index >= 15 is 0 Å². The van der Waals surface area contributed by atoms with Crippen LogP contribution >= 0.6 is 11.3 Å². The molecule has 1 N–H and O–H groups in total. The zero-order chi connectivity index (χ0) is 23.7. The smallest absolute Gasteiger partial charge is 0.274 e. The molecule has 2 aromatic carbocycles. The van der Waals surface area contributed by atoms with Crippen LogP contribution in [0.15, 0.2) is 48.5 Å². The van der Waals surface area contributed by atoms with Gasteiger partial charge in [-0.2, -0.15) is 0 Å². The first-order valence-corrected chi connectivity index (χ1v) is 12.7. The highest BCUT2D eigenvalue weighted by Gasteiger charge is 2.34. The summed E-state index contributed by atoms with van der Waals surface area (Å²) >= 11 is 1.55. The Morgan fingerprint density at radius 2 is 1.91 bits per heavy atom. The summed E-state index contributed by atoms with van der Waals surface area (Å²) in [4.78, 5) is 33.9. The SMILES string of the molecule is Cc1cccc(C(=O)NC[C@@H]2CCCCN2C(=O)c2nc(C3CC3)sc2-c2ccc(F)cc2)c1. The van der Waals surface area contributed by atoms with Crippen molar-refractivity contribution >= 4 is 23.2 Å². The van der Waals surface area contributed by atoms with Crippen molar-refractivity contribution in [3.05, 3.63) is 76.2 Å². The molecule has 0 radical (unpaired) electrons. The van der Waals surface area contributed by atoms with Crippen LogP contribution in [0, 0.1) is 12.7 Å². The van der Waals surface area contributed by atoms with E-state index in [0.717, 1.165) is 53.1 Å². The Balaban J connectivity index is 1.37. The highest BCUT2D eigenvalue weighted by atomic mass is 32.1. The number of hydrogen-bond donors (Lipinski definition) is 1. The van der Waals surface area contributed by atoms with Crippen LogP contribution in [-0.4, -0.2) is 40.8 Å². The van der Waals surface area contributed by atoms with Gasteiger partial charge in [0.2, 0.25) is 0 Å². The van der Waals surface area contributed by atoms with E-state index in [1.807, 2.05) is 30.0 Å². The Hall–Kier alpha value is -3.06. The standard InChI is InChI=1S/C27H28FN3O2S/c1-17-5-4-6-20(15-17)25(32)29-16-22-7-2-3-14-31(22)27(33)23-24(18-10-12-21(28)13-11-18)34-26(30-23)19-8-9-19/h4-6,10-13,15,19,22H,2-3,7-9,14,16H2,1H3,(H,29,32)/t22-/m0/s1. The van der Waals surface area contributed by atoms with Gasteiger partial charge in [-0.15, -0.1) is 11.3 Å². The minimum Gasteiger partial charge on any atom is -0.350 e. The molecule has 2 heterocycles. The monoisotopic (exact) mass is 477 g/mol. The molecule has 176 valence electrons. The lowest BCUT2D eigenvalue weighted by atomic mass is 10.0. The van der Waals surface area contributed by atoms with Gasteiger partial charge in [0.1, 0.15) is 11.5 Å². The summed E-state index contributed by atoms with van der Waals surface area (Å²) in [6.45, 7) is 3.01. The number of hydrogen-bond acceptors (Lipinski definition) is 4. The van der Waals surface area contributed by atoms with E-state index in [1.54, 1.807) is 29.5 Å². The van der Waals surface area contributed by atoms with Crippen molar-refractivity contribution in [1.82, 2.24) is 15.2 Å². The summed E-state index contributed by atoms with van der Waals surface area (Å²) in [5.41, 5.74) is 2.93. The number of carbonyl (C=O) groups excluding carboxylic acids is 2.